The summed E-state index contributed by atoms with van der Waals surface area (Å²) >= 11 is 0. The molecule has 0 atom stereocenters. The third-order valence-electron chi connectivity index (χ3n) is 6.00. The molecule has 0 bridgehead atoms. The summed E-state index contributed by atoms with van der Waals surface area (Å²) in [5.74, 6) is 1.22. The highest BCUT2D eigenvalue weighted by Crippen LogP contribution is 2.38. The first-order valence-corrected chi connectivity index (χ1v) is 10.8. The van der Waals surface area contributed by atoms with Crippen LogP contribution in [0.5, 0.6) is 0 Å². The average Bonchev–Trinajstić information content (AvgIpc) is 3.70. The molecule has 0 radical (unpaired) electrons. The molecule has 1 saturated heterocycles. The molecular weight excluding hydrogens is 388 g/mol. The molecule has 3 aromatic rings. The Morgan fingerprint density at radius 3 is 2.06 bits per heavy atom. The quantitative estimate of drug-likeness (QED) is 0.600. The number of aromatic nitrogens is 2. The van der Waals surface area contributed by atoms with Crippen LogP contribution in [-0.4, -0.2) is 53.0 Å². The Bertz CT molecular complexity index is 1090. The lowest BCUT2D eigenvalue weighted by Crippen LogP contribution is -2.49. The maximum absolute atomic E-state index is 13.3. The normalized spacial score (nSPS) is 16.3. The van der Waals surface area contributed by atoms with E-state index in [-0.39, 0.29) is 11.7 Å². The molecule has 1 aromatic heterocycles. The predicted octanol–water partition coefficient (Wildman–Crippen LogP) is 3.55. The van der Waals surface area contributed by atoms with E-state index in [1.165, 1.54) is 12.8 Å². The summed E-state index contributed by atoms with van der Waals surface area (Å²) in [6, 6.07) is 20.3. The number of carbonyl (C=O) groups excluding carboxylic acids is 2. The summed E-state index contributed by atoms with van der Waals surface area (Å²) in [6.07, 6.45) is 2.42. The molecule has 0 spiro atoms. The van der Waals surface area contributed by atoms with Crippen molar-refractivity contribution in [3.05, 3.63) is 89.1 Å². The van der Waals surface area contributed by atoms with E-state index in [1.54, 1.807) is 30.3 Å². The van der Waals surface area contributed by atoms with Gasteiger partial charge < -0.3 is 9.80 Å². The van der Waals surface area contributed by atoms with Gasteiger partial charge in [0.25, 0.3) is 5.91 Å². The van der Waals surface area contributed by atoms with Gasteiger partial charge in [-0.15, -0.1) is 5.10 Å². The van der Waals surface area contributed by atoms with Crippen molar-refractivity contribution in [3.63, 3.8) is 0 Å². The maximum atomic E-state index is 13.3. The molecule has 1 amide bonds. The average molecular weight is 412 g/mol. The summed E-state index contributed by atoms with van der Waals surface area (Å²) in [5, 5.41) is 8.76. The fraction of sp³-hybridized carbons (Fsp3) is 0.280. The largest absolute Gasteiger partial charge is 0.352 e. The third-order valence-corrected chi connectivity index (χ3v) is 6.00. The molecule has 2 heterocycles. The Kier molecular flexibility index (Phi) is 5.20. The zero-order valence-electron chi connectivity index (χ0n) is 17.3. The summed E-state index contributed by atoms with van der Waals surface area (Å²) in [4.78, 5) is 30.2. The predicted molar refractivity (Wildman–Crippen MR) is 118 cm³/mol. The van der Waals surface area contributed by atoms with E-state index in [1.807, 2.05) is 35.2 Å². The monoisotopic (exact) mass is 412 g/mol. The number of anilines is 1. The van der Waals surface area contributed by atoms with Crippen LogP contribution < -0.4 is 4.90 Å². The van der Waals surface area contributed by atoms with Crippen LogP contribution in [-0.2, 0) is 0 Å². The minimum Gasteiger partial charge on any atom is -0.352 e. The van der Waals surface area contributed by atoms with Gasteiger partial charge in [-0.1, -0.05) is 48.5 Å². The van der Waals surface area contributed by atoms with Gasteiger partial charge in [-0.05, 0) is 31.0 Å². The molecule has 0 unspecified atom stereocenters. The number of carbonyl (C=O) groups is 2. The standard InChI is InChI=1S/C25H24N4O2/c30-24(19-6-2-1-3-7-19)20-8-4-5-9-21(20)25(31)29-16-14-28(15-17-29)23-13-12-22(26-27-23)18-10-11-18/h1-9,12-13,18H,10-11,14-17H2. The second-order valence-corrected chi connectivity index (χ2v) is 8.11. The highest BCUT2D eigenvalue weighted by molar-refractivity contribution is 6.15. The van der Waals surface area contributed by atoms with Gasteiger partial charge in [0, 0.05) is 43.2 Å². The molecule has 1 saturated carbocycles. The minimum absolute atomic E-state index is 0.102. The number of amides is 1. The van der Waals surface area contributed by atoms with Gasteiger partial charge in [0.2, 0.25) is 0 Å². The van der Waals surface area contributed by atoms with E-state index in [9.17, 15) is 9.59 Å². The van der Waals surface area contributed by atoms with Crippen LogP contribution in [0.1, 0.15) is 50.7 Å². The SMILES string of the molecule is O=C(c1ccccc1)c1ccccc1C(=O)N1CCN(c2ccc(C3CC3)nn2)CC1. The van der Waals surface area contributed by atoms with Crippen LogP contribution in [0.25, 0.3) is 0 Å². The molecule has 1 aliphatic carbocycles. The molecule has 2 aromatic carbocycles. The zero-order chi connectivity index (χ0) is 21.2. The van der Waals surface area contributed by atoms with E-state index < -0.39 is 0 Å². The van der Waals surface area contributed by atoms with Gasteiger partial charge in [-0.3, -0.25) is 9.59 Å². The molecule has 5 rings (SSSR count). The molecule has 6 heteroatoms. The summed E-state index contributed by atoms with van der Waals surface area (Å²) in [7, 11) is 0. The Labute approximate surface area is 181 Å². The smallest absolute Gasteiger partial charge is 0.254 e. The topological polar surface area (TPSA) is 66.4 Å². The van der Waals surface area contributed by atoms with Gasteiger partial charge in [-0.25, -0.2) is 0 Å². The Morgan fingerprint density at radius 2 is 1.42 bits per heavy atom. The van der Waals surface area contributed by atoms with Crippen molar-refractivity contribution in [2.24, 2.45) is 0 Å². The second-order valence-electron chi connectivity index (χ2n) is 8.11. The van der Waals surface area contributed by atoms with E-state index >= 15 is 0 Å². The van der Waals surface area contributed by atoms with Gasteiger partial charge in [0.05, 0.1) is 11.3 Å². The first kappa shape index (κ1) is 19.4. The van der Waals surface area contributed by atoms with Gasteiger partial charge in [0.15, 0.2) is 11.6 Å². The number of benzene rings is 2. The van der Waals surface area contributed by atoms with Crippen molar-refractivity contribution in [2.45, 2.75) is 18.8 Å². The van der Waals surface area contributed by atoms with Crippen LogP contribution in [0.4, 0.5) is 5.82 Å². The van der Waals surface area contributed by atoms with Crippen LogP contribution in [0.2, 0.25) is 0 Å². The lowest BCUT2D eigenvalue weighted by Gasteiger charge is -2.35. The fourth-order valence-electron chi connectivity index (χ4n) is 4.02. The first-order chi connectivity index (χ1) is 15.2. The zero-order valence-corrected chi connectivity index (χ0v) is 17.3. The van der Waals surface area contributed by atoms with Crippen molar-refractivity contribution in [1.29, 1.82) is 0 Å². The lowest BCUT2D eigenvalue weighted by atomic mass is 9.97. The van der Waals surface area contributed by atoms with E-state index in [0.717, 1.165) is 11.5 Å². The highest BCUT2D eigenvalue weighted by Gasteiger charge is 2.28. The van der Waals surface area contributed by atoms with Crippen molar-refractivity contribution in [2.75, 3.05) is 31.1 Å². The van der Waals surface area contributed by atoms with Crippen LogP contribution in [0, 0.1) is 0 Å². The lowest BCUT2D eigenvalue weighted by molar-refractivity contribution is 0.0742. The summed E-state index contributed by atoms with van der Waals surface area (Å²) in [6.45, 7) is 2.55. The minimum atomic E-state index is -0.130. The molecular formula is C25H24N4O2. The van der Waals surface area contributed by atoms with Gasteiger partial charge >= 0.3 is 0 Å². The number of ketones is 1. The van der Waals surface area contributed by atoms with E-state index in [0.29, 0.717) is 48.8 Å². The maximum Gasteiger partial charge on any atom is 0.254 e. The molecule has 31 heavy (non-hydrogen) atoms. The van der Waals surface area contributed by atoms with Gasteiger partial charge in [0.1, 0.15) is 0 Å². The summed E-state index contributed by atoms with van der Waals surface area (Å²) < 4.78 is 0. The third kappa shape index (κ3) is 4.06. The number of nitrogens with zero attached hydrogens (tertiary/aromatic N) is 4. The number of hydrogen-bond acceptors (Lipinski definition) is 5. The van der Waals surface area contributed by atoms with Gasteiger partial charge in [-0.2, -0.15) is 5.10 Å². The first-order valence-electron chi connectivity index (χ1n) is 10.8. The van der Waals surface area contributed by atoms with E-state index in [2.05, 4.69) is 21.2 Å². The highest BCUT2D eigenvalue weighted by atomic mass is 16.2. The number of hydrogen-bond donors (Lipinski definition) is 0. The van der Waals surface area contributed by atoms with Crippen molar-refractivity contribution in [3.8, 4) is 0 Å². The number of piperazine rings is 1. The molecule has 2 aliphatic rings. The molecule has 2 fully saturated rings. The van der Waals surface area contributed by atoms with Crippen molar-refractivity contribution >= 4 is 17.5 Å². The van der Waals surface area contributed by atoms with Crippen molar-refractivity contribution < 1.29 is 9.59 Å². The van der Waals surface area contributed by atoms with E-state index in [4.69, 9.17) is 0 Å². The molecule has 6 nitrogen and oxygen atoms in total. The Morgan fingerprint density at radius 1 is 0.742 bits per heavy atom. The van der Waals surface area contributed by atoms with Crippen LogP contribution in [0.3, 0.4) is 0 Å². The van der Waals surface area contributed by atoms with Crippen molar-refractivity contribution in [1.82, 2.24) is 15.1 Å². The second kappa shape index (κ2) is 8.30. The Balaban J connectivity index is 1.28. The van der Waals surface area contributed by atoms with Crippen LogP contribution >= 0.6 is 0 Å². The van der Waals surface area contributed by atoms with Crippen LogP contribution in [0.15, 0.2) is 66.7 Å². The summed E-state index contributed by atoms with van der Waals surface area (Å²) in [5.41, 5.74) is 2.57. The molecule has 0 N–H and O–H groups in total. The molecule has 156 valence electrons. The fourth-order valence-corrected chi connectivity index (χ4v) is 4.02. The number of rotatable bonds is 5. The Hall–Kier alpha value is -3.54. The molecule has 1 aliphatic heterocycles.